The first-order valence-corrected chi connectivity index (χ1v) is 9.28. The highest BCUT2D eigenvalue weighted by atomic mass is 32.2. The third-order valence-electron chi connectivity index (χ3n) is 3.95. The summed E-state index contributed by atoms with van der Waals surface area (Å²) in [6.45, 7) is 5.39. The number of piperidine rings is 1. The molecule has 1 fully saturated rings. The normalized spacial score (nSPS) is 18.0. The predicted molar refractivity (Wildman–Crippen MR) is 92.2 cm³/mol. The van der Waals surface area contributed by atoms with Crippen molar-refractivity contribution in [3.05, 3.63) is 10.6 Å². The van der Waals surface area contributed by atoms with Crippen molar-refractivity contribution in [1.82, 2.24) is 14.5 Å². The van der Waals surface area contributed by atoms with Crippen LogP contribution in [0.3, 0.4) is 0 Å². The molecule has 8 heteroatoms. The van der Waals surface area contributed by atoms with E-state index in [0.717, 1.165) is 18.5 Å². The Bertz CT molecular complexity index is 535. The van der Waals surface area contributed by atoms with E-state index in [1.807, 2.05) is 25.0 Å². The summed E-state index contributed by atoms with van der Waals surface area (Å²) in [6.07, 6.45) is 3.64. The number of hydrogen-bond acceptors (Lipinski definition) is 6. The maximum Gasteiger partial charge on any atom is 0.267 e. The van der Waals surface area contributed by atoms with Crippen LogP contribution in [0, 0.1) is 0 Å². The van der Waals surface area contributed by atoms with E-state index in [2.05, 4.69) is 9.59 Å². The van der Waals surface area contributed by atoms with E-state index in [1.165, 1.54) is 11.5 Å². The second-order valence-corrected chi connectivity index (χ2v) is 7.88. The summed E-state index contributed by atoms with van der Waals surface area (Å²) in [7, 11) is 0. The monoisotopic (exact) mass is 344 g/mol. The SMILES string of the molecule is CSC1(C(N)=S)CCN(C(=O)c2snnc2C(C)C)CC1. The molecule has 21 heavy (non-hydrogen) atoms. The molecule has 2 heterocycles. The summed E-state index contributed by atoms with van der Waals surface area (Å²) < 4.78 is 3.76. The lowest BCUT2D eigenvalue weighted by Crippen LogP contribution is -2.50. The van der Waals surface area contributed by atoms with Crippen molar-refractivity contribution < 1.29 is 4.79 Å². The van der Waals surface area contributed by atoms with E-state index >= 15 is 0 Å². The number of likely N-dealkylation sites (tertiary alicyclic amines) is 1. The van der Waals surface area contributed by atoms with Gasteiger partial charge in [0.1, 0.15) is 4.88 Å². The highest BCUT2D eigenvalue weighted by Crippen LogP contribution is 2.35. The molecular formula is C13H20N4OS3. The zero-order valence-corrected chi connectivity index (χ0v) is 14.9. The van der Waals surface area contributed by atoms with Crippen LogP contribution in [0.1, 0.15) is 48.0 Å². The number of aromatic nitrogens is 2. The smallest absolute Gasteiger partial charge is 0.267 e. The Balaban J connectivity index is 2.10. The summed E-state index contributed by atoms with van der Waals surface area (Å²) in [6, 6.07) is 0. The summed E-state index contributed by atoms with van der Waals surface area (Å²) in [5.41, 5.74) is 6.67. The van der Waals surface area contributed by atoms with Gasteiger partial charge in [-0.25, -0.2) is 0 Å². The quantitative estimate of drug-likeness (QED) is 0.845. The van der Waals surface area contributed by atoms with Gasteiger partial charge in [0.25, 0.3) is 5.91 Å². The zero-order valence-electron chi connectivity index (χ0n) is 12.5. The Labute approximate surface area is 138 Å². The molecule has 1 amide bonds. The summed E-state index contributed by atoms with van der Waals surface area (Å²) >= 11 is 8.08. The molecule has 5 nitrogen and oxygen atoms in total. The summed E-state index contributed by atoms with van der Waals surface area (Å²) in [5, 5.41) is 4.08. The van der Waals surface area contributed by atoms with E-state index in [-0.39, 0.29) is 16.6 Å². The minimum atomic E-state index is -0.168. The Morgan fingerprint density at radius 2 is 2.10 bits per heavy atom. The fourth-order valence-corrected chi connectivity index (χ4v) is 4.52. The molecule has 0 saturated carbocycles. The number of thiocarbonyl (C=S) groups is 1. The molecule has 1 aliphatic heterocycles. The molecule has 0 unspecified atom stereocenters. The van der Waals surface area contributed by atoms with E-state index < -0.39 is 0 Å². The number of hydrogen-bond donors (Lipinski definition) is 1. The third-order valence-corrected chi connectivity index (χ3v) is 6.61. The number of nitrogens with zero attached hydrogens (tertiary/aromatic N) is 3. The Kier molecular flexibility index (Phi) is 5.21. The lowest BCUT2D eigenvalue weighted by molar-refractivity contribution is 0.0722. The Hall–Kier alpha value is -0.730. The number of carbonyl (C=O) groups excluding carboxylic acids is 1. The van der Waals surface area contributed by atoms with Gasteiger partial charge in [-0.05, 0) is 36.5 Å². The Morgan fingerprint density at radius 1 is 1.48 bits per heavy atom. The predicted octanol–water partition coefficient (Wildman–Crippen LogP) is 2.29. The first-order valence-electron chi connectivity index (χ1n) is 6.88. The van der Waals surface area contributed by atoms with Crippen LogP contribution < -0.4 is 5.73 Å². The first kappa shape index (κ1) is 16.6. The summed E-state index contributed by atoms with van der Waals surface area (Å²) in [4.78, 5) is 15.7. The number of thioether (sulfide) groups is 1. The van der Waals surface area contributed by atoms with Gasteiger partial charge in [0, 0.05) is 13.1 Å². The van der Waals surface area contributed by atoms with E-state index in [4.69, 9.17) is 18.0 Å². The average Bonchev–Trinajstić information content (AvgIpc) is 2.96. The molecule has 1 aliphatic rings. The van der Waals surface area contributed by atoms with Crippen LogP contribution in [-0.2, 0) is 0 Å². The van der Waals surface area contributed by atoms with E-state index in [1.54, 1.807) is 11.8 Å². The first-order chi connectivity index (χ1) is 9.91. The van der Waals surface area contributed by atoms with Crippen molar-refractivity contribution in [2.24, 2.45) is 5.73 Å². The molecule has 0 aromatic carbocycles. The van der Waals surface area contributed by atoms with Crippen molar-refractivity contribution in [1.29, 1.82) is 0 Å². The molecule has 116 valence electrons. The molecule has 2 N–H and O–H groups in total. The van der Waals surface area contributed by atoms with Crippen molar-refractivity contribution in [2.45, 2.75) is 37.4 Å². The van der Waals surface area contributed by atoms with Gasteiger partial charge in [-0.1, -0.05) is 30.6 Å². The largest absolute Gasteiger partial charge is 0.392 e. The lowest BCUT2D eigenvalue weighted by atomic mass is 9.95. The molecule has 0 radical (unpaired) electrons. The topological polar surface area (TPSA) is 72.1 Å². The van der Waals surface area contributed by atoms with Gasteiger partial charge in [-0.15, -0.1) is 5.10 Å². The van der Waals surface area contributed by atoms with Crippen molar-refractivity contribution in [2.75, 3.05) is 19.3 Å². The highest BCUT2D eigenvalue weighted by Gasteiger charge is 2.38. The van der Waals surface area contributed by atoms with Gasteiger partial charge in [0.15, 0.2) is 0 Å². The molecule has 1 aromatic heterocycles. The lowest BCUT2D eigenvalue weighted by Gasteiger charge is -2.39. The van der Waals surface area contributed by atoms with Gasteiger partial charge < -0.3 is 10.6 Å². The van der Waals surface area contributed by atoms with Crippen molar-refractivity contribution in [3.8, 4) is 0 Å². The van der Waals surface area contributed by atoms with Crippen molar-refractivity contribution in [3.63, 3.8) is 0 Å². The highest BCUT2D eigenvalue weighted by molar-refractivity contribution is 8.02. The molecule has 0 atom stereocenters. The second-order valence-electron chi connectivity index (χ2n) is 5.50. The van der Waals surface area contributed by atoms with E-state index in [0.29, 0.717) is 23.0 Å². The fourth-order valence-electron chi connectivity index (χ4n) is 2.49. The van der Waals surface area contributed by atoms with Gasteiger partial charge in [0.2, 0.25) is 0 Å². The average molecular weight is 345 g/mol. The van der Waals surface area contributed by atoms with Gasteiger partial charge >= 0.3 is 0 Å². The van der Waals surface area contributed by atoms with Gasteiger partial charge in [-0.2, -0.15) is 11.8 Å². The van der Waals surface area contributed by atoms with Gasteiger partial charge in [-0.3, -0.25) is 4.79 Å². The molecule has 2 rings (SSSR count). The van der Waals surface area contributed by atoms with Gasteiger partial charge in [0.05, 0.1) is 15.4 Å². The standard InChI is InChI=1S/C13H20N4OS3/c1-8(2)9-10(21-16-15-9)11(18)17-6-4-13(20-3,5-7-17)12(14)19/h8H,4-7H2,1-3H3,(H2,14,19). The molecule has 1 saturated heterocycles. The maximum absolute atomic E-state index is 12.6. The molecular weight excluding hydrogens is 324 g/mol. The van der Waals surface area contributed by atoms with Crippen LogP contribution >= 0.6 is 35.5 Å². The maximum atomic E-state index is 12.6. The van der Waals surface area contributed by atoms with Crippen LogP contribution in [0.4, 0.5) is 0 Å². The van der Waals surface area contributed by atoms with Crippen LogP contribution in [0.5, 0.6) is 0 Å². The van der Waals surface area contributed by atoms with Crippen LogP contribution in [0.2, 0.25) is 0 Å². The fraction of sp³-hybridized carbons (Fsp3) is 0.692. The molecule has 0 spiro atoms. The number of nitrogens with two attached hydrogens (primary N) is 1. The number of amides is 1. The van der Waals surface area contributed by atoms with Crippen LogP contribution in [-0.4, -0.2) is 49.5 Å². The zero-order chi connectivity index (χ0) is 15.6. The number of rotatable bonds is 4. The molecule has 1 aromatic rings. The molecule has 0 bridgehead atoms. The minimum absolute atomic E-state index is 0.0337. The minimum Gasteiger partial charge on any atom is -0.392 e. The van der Waals surface area contributed by atoms with Crippen LogP contribution in [0.15, 0.2) is 0 Å². The Morgan fingerprint density at radius 3 is 2.57 bits per heavy atom. The summed E-state index contributed by atoms with van der Waals surface area (Å²) in [5.74, 6) is 0.237. The number of carbonyl (C=O) groups is 1. The molecule has 0 aliphatic carbocycles. The second kappa shape index (κ2) is 6.58. The third kappa shape index (κ3) is 3.22. The van der Waals surface area contributed by atoms with Crippen LogP contribution in [0.25, 0.3) is 0 Å². The van der Waals surface area contributed by atoms with Crippen molar-refractivity contribution >= 4 is 46.4 Å². The van der Waals surface area contributed by atoms with E-state index in [9.17, 15) is 4.79 Å².